The second-order valence-corrected chi connectivity index (χ2v) is 8.21. The van der Waals surface area contributed by atoms with E-state index in [-0.39, 0.29) is 23.9 Å². The summed E-state index contributed by atoms with van der Waals surface area (Å²) < 4.78 is 66.4. The van der Waals surface area contributed by atoms with Crippen molar-refractivity contribution in [2.24, 2.45) is 11.8 Å². The van der Waals surface area contributed by atoms with Gasteiger partial charge in [-0.05, 0) is 56.6 Å². The Labute approximate surface area is 173 Å². The van der Waals surface area contributed by atoms with Gasteiger partial charge in [0, 0.05) is 13.1 Å². The first-order valence-corrected chi connectivity index (χ1v) is 10.0. The molecule has 3 heterocycles. The van der Waals surface area contributed by atoms with Crippen LogP contribution in [0.4, 0.5) is 22.0 Å². The molecular weight excluding hydrogens is 423 g/mol. The van der Waals surface area contributed by atoms with Crippen LogP contribution in [-0.4, -0.2) is 38.5 Å². The van der Waals surface area contributed by atoms with Gasteiger partial charge in [-0.1, -0.05) is 6.07 Å². The molecule has 3 aromatic heterocycles. The summed E-state index contributed by atoms with van der Waals surface area (Å²) in [5.74, 6) is -7.73. The third kappa shape index (κ3) is 3.63. The van der Waals surface area contributed by atoms with Gasteiger partial charge in [-0.15, -0.1) is 0 Å². The summed E-state index contributed by atoms with van der Waals surface area (Å²) in [5, 5.41) is 1.74. The lowest BCUT2D eigenvalue weighted by Gasteiger charge is -2.29. The summed E-state index contributed by atoms with van der Waals surface area (Å²) in [5.41, 5.74) is 2.55. The number of amides is 1. The molecule has 0 saturated heterocycles. The second kappa shape index (κ2) is 7.45. The molecule has 1 aliphatic rings. The Balaban J connectivity index is 1.37. The number of rotatable bonds is 5. The van der Waals surface area contributed by atoms with Crippen molar-refractivity contribution in [3.05, 3.63) is 34.2 Å². The molecule has 1 amide bonds. The Morgan fingerprint density at radius 2 is 1.77 bits per heavy atom. The number of imidazole rings is 2. The van der Waals surface area contributed by atoms with Gasteiger partial charge in [-0.3, -0.25) is 18.6 Å². The molecule has 0 bridgehead atoms. The van der Waals surface area contributed by atoms with E-state index >= 15 is 0 Å². The molecule has 1 N–H and O–H groups in total. The number of halogens is 5. The standard InChI is InChI=1S/C20H21F5N4O2/c1-11-16-17(30)28(15-4-2-3-14(27-11)29(15)16)10-13-7-5-12(6-8-13)9-26-18(31)19(21,22)20(23,24)25/h2-4,12-13H,5-10H2,1H3,(H,26,31). The number of pyridine rings is 1. The summed E-state index contributed by atoms with van der Waals surface area (Å²) in [6.07, 6.45) is -3.40. The number of alkyl halides is 5. The van der Waals surface area contributed by atoms with E-state index in [0.29, 0.717) is 49.1 Å². The van der Waals surface area contributed by atoms with Gasteiger partial charge in [0.15, 0.2) is 0 Å². The molecule has 31 heavy (non-hydrogen) atoms. The predicted molar refractivity (Wildman–Crippen MR) is 102 cm³/mol. The number of carbonyl (C=O) groups excluding carboxylic acids is 1. The van der Waals surface area contributed by atoms with E-state index in [1.165, 1.54) is 0 Å². The van der Waals surface area contributed by atoms with Gasteiger partial charge in [-0.2, -0.15) is 22.0 Å². The van der Waals surface area contributed by atoms with Crippen LogP contribution >= 0.6 is 0 Å². The monoisotopic (exact) mass is 444 g/mol. The lowest BCUT2D eigenvalue weighted by molar-refractivity contribution is -0.269. The first-order chi connectivity index (χ1) is 14.5. The summed E-state index contributed by atoms with van der Waals surface area (Å²) in [6, 6.07) is 5.52. The average Bonchev–Trinajstić information content (AvgIpc) is 3.19. The number of aromatic nitrogens is 3. The minimum Gasteiger partial charge on any atom is -0.350 e. The van der Waals surface area contributed by atoms with Gasteiger partial charge >= 0.3 is 12.1 Å². The number of nitrogens with one attached hydrogen (secondary N) is 1. The van der Waals surface area contributed by atoms with Crippen LogP contribution in [-0.2, 0) is 11.3 Å². The summed E-state index contributed by atoms with van der Waals surface area (Å²) >= 11 is 0. The van der Waals surface area contributed by atoms with E-state index in [4.69, 9.17) is 0 Å². The van der Waals surface area contributed by atoms with Crippen molar-refractivity contribution in [1.82, 2.24) is 19.3 Å². The SMILES string of the molecule is Cc1nc2cccc3n(CC4CCC(CNC(=O)C(F)(F)C(F)(F)F)CC4)c(=O)c1n23. The maximum atomic E-state index is 13.0. The van der Waals surface area contributed by atoms with Crippen molar-refractivity contribution >= 4 is 22.7 Å². The summed E-state index contributed by atoms with van der Waals surface area (Å²) in [6.45, 7) is 2.05. The molecule has 1 aliphatic carbocycles. The second-order valence-electron chi connectivity index (χ2n) is 8.21. The van der Waals surface area contributed by atoms with Crippen molar-refractivity contribution in [1.29, 1.82) is 0 Å². The van der Waals surface area contributed by atoms with Gasteiger partial charge < -0.3 is 5.32 Å². The van der Waals surface area contributed by atoms with Gasteiger partial charge in [-0.25, -0.2) is 4.98 Å². The lowest BCUT2D eigenvalue weighted by atomic mass is 9.82. The van der Waals surface area contributed by atoms with Gasteiger partial charge in [0.05, 0.1) is 5.69 Å². The van der Waals surface area contributed by atoms with Crippen LogP contribution in [0.5, 0.6) is 0 Å². The van der Waals surface area contributed by atoms with Crippen LogP contribution in [0.2, 0.25) is 0 Å². The van der Waals surface area contributed by atoms with Crippen LogP contribution in [0.15, 0.2) is 23.0 Å². The molecule has 6 nitrogen and oxygen atoms in total. The van der Waals surface area contributed by atoms with E-state index in [1.54, 1.807) is 16.8 Å². The third-order valence-corrected chi connectivity index (χ3v) is 6.12. The van der Waals surface area contributed by atoms with Crippen molar-refractivity contribution in [2.75, 3.05) is 6.54 Å². The van der Waals surface area contributed by atoms with Crippen molar-refractivity contribution in [3.8, 4) is 0 Å². The molecule has 0 atom stereocenters. The highest BCUT2D eigenvalue weighted by atomic mass is 19.4. The summed E-state index contributed by atoms with van der Waals surface area (Å²) in [4.78, 5) is 28.5. The largest absolute Gasteiger partial charge is 0.463 e. The topological polar surface area (TPSA) is 68.4 Å². The highest BCUT2D eigenvalue weighted by molar-refractivity contribution is 5.84. The Hall–Kier alpha value is -2.72. The van der Waals surface area contributed by atoms with Gasteiger partial charge in [0.25, 0.3) is 11.5 Å². The minimum atomic E-state index is -5.91. The minimum absolute atomic E-state index is 0.116. The van der Waals surface area contributed by atoms with Crippen LogP contribution in [0.3, 0.4) is 0 Å². The Kier molecular flexibility index (Phi) is 5.17. The first kappa shape index (κ1) is 21.5. The smallest absolute Gasteiger partial charge is 0.350 e. The molecule has 0 spiro atoms. The fourth-order valence-electron chi connectivity index (χ4n) is 4.41. The zero-order valence-electron chi connectivity index (χ0n) is 16.7. The molecule has 4 rings (SSSR count). The molecule has 11 heteroatoms. The fourth-order valence-corrected chi connectivity index (χ4v) is 4.41. The Bertz CT molecular complexity index is 1160. The van der Waals surface area contributed by atoms with Crippen LogP contribution < -0.4 is 10.9 Å². The van der Waals surface area contributed by atoms with E-state index in [9.17, 15) is 31.5 Å². The maximum Gasteiger partial charge on any atom is 0.463 e. The van der Waals surface area contributed by atoms with E-state index in [0.717, 1.165) is 5.65 Å². The van der Waals surface area contributed by atoms with Crippen LogP contribution in [0.25, 0.3) is 16.8 Å². The lowest BCUT2D eigenvalue weighted by Crippen LogP contribution is -2.51. The summed E-state index contributed by atoms with van der Waals surface area (Å²) in [7, 11) is 0. The zero-order chi connectivity index (χ0) is 22.6. The number of aryl methyl sites for hydroxylation is 1. The molecule has 0 aromatic carbocycles. The average molecular weight is 444 g/mol. The highest BCUT2D eigenvalue weighted by Crippen LogP contribution is 2.36. The van der Waals surface area contributed by atoms with Crippen molar-refractivity contribution < 1.29 is 26.7 Å². The van der Waals surface area contributed by atoms with Crippen LogP contribution in [0, 0.1) is 18.8 Å². The molecule has 3 aromatic rings. The van der Waals surface area contributed by atoms with Gasteiger partial charge in [0.1, 0.15) is 16.8 Å². The fraction of sp³-hybridized carbons (Fsp3) is 0.550. The van der Waals surface area contributed by atoms with E-state index in [2.05, 4.69) is 4.98 Å². The quantitative estimate of drug-likeness (QED) is 0.613. The number of carbonyl (C=O) groups is 1. The molecule has 1 fully saturated rings. The maximum absolute atomic E-state index is 13.0. The molecule has 0 unspecified atom stereocenters. The zero-order valence-corrected chi connectivity index (χ0v) is 16.7. The van der Waals surface area contributed by atoms with E-state index < -0.39 is 18.0 Å². The molecule has 1 saturated carbocycles. The normalized spacial score (nSPS) is 20.6. The third-order valence-electron chi connectivity index (χ3n) is 6.12. The predicted octanol–water partition coefficient (Wildman–Crippen LogP) is 3.52. The van der Waals surface area contributed by atoms with Crippen molar-refractivity contribution in [2.45, 2.75) is 51.3 Å². The number of hydrogen-bond acceptors (Lipinski definition) is 3. The Morgan fingerprint density at radius 1 is 1.13 bits per heavy atom. The number of hydrogen-bond donors (Lipinski definition) is 1. The highest BCUT2D eigenvalue weighted by Gasteiger charge is 2.63. The Morgan fingerprint density at radius 3 is 2.42 bits per heavy atom. The molecule has 168 valence electrons. The van der Waals surface area contributed by atoms with Crippen LogP contribution in [0.1, 0.15) is 31.4 Å². The molecule has 0 radical (unpaired) electrons. The van der Waals surface area contributed by atoms with Gasteiger partial charge in [0.2, 0.25) is 0 Å². The molecular formula is C20H21F5N4O2. The molecule has 0 aliphatic heterocycles. The van der Waals surface area contributed by atoms with E-state index in [1.807, 2.05) is 22.6 Å². The first-order valence-electron chi connectivity index (χ1n) is 10.0. The van der Waals surface area contributed by atoms with Crippen molar-refractivity contribution in [3.63, 3.8) is 0 Å². The number of nitrogens with zero attached hydrogens (tertiary/aromatic N) is 3.